The number of carbonyl (C=O) groups excluding carboxylic acids is 1. The first-order chi connectivity index (χ1) is 10.1. The van der Waals surface area contributed by atoms with Gasteiger partial charge in [0.2, 0.25) is 5.91 Å². The molecule has 0 spiro atoms. The average molecular weight is 291 g/mol. The molecule has 0 saturated heterocycles. The summed E-state index contributed by atoms with van der Waals surface area (Å²) in [5.74, 6) is 0.0386. The minimum absolute atomic E-state index is 0.0386. The van der Waals surface area contributed by atoms with Gasteiger partial charge in [0.1, 0.15) is 0 Å². The maximum absolute atomic E-state index is 11.9. The molecular formula is C18H29NO2. The van der Waals surface area contributed by atoms with Gasteiger partial charge in [0.05, 0.1) is 6.10 Å². The summed E-state index contributed by atoms with van der Waals surface area (Å²) in [6, 6.07) is 7.42. The molecule has 1 unspecified atom stereocenters. The van der Waals surface area contributed by atoms with Gasteiger partial charge >= 0.3 is 0 Å². The molecule has 118 valence electrons. The minimum atomic E-state index is -0.569. The topological polar surface area (TPSA) is 49.3 Å². The van der Waals surface area contributed by atoms with Gasteiger partial charge in [0, 0.05) is 17.7 Å². The number of aliphatic hydroxyl groups is 1. The molecule has 3 nitrogen and oxygen atoms in total. The van der Waals surface area contributed by atoms with E-state index in [0.717, 1.165) is 24.1 Å². The van der Waals surface area contributed by atoms with Crippen LogP contribution in [-0.4, -0.2) is 11.0 Å². The van der Waals surface area contributed by atoms with Gasteiger partial charge in [-0.3, -0.25) is 4.79 Å². The highest BCUT2D eigenvalue weighted by Crippen LogP contribution is 2.22. The van der Waals surface area contributed by atoms with Crippen molar-refractivity contribution in [2.45, 2.75) is 71.3 Å². The molecule has 1 rings (SSSR count). The van der Waals surface area contributed by atoms with Gasteiger partial charge in [-0.2, -0.15) is 0 Å². The van der Waals surface area contributed by atoms with Crippen molar-refractivity contribution >= 4 is 11.6 Å². The van der Waals surface area contributed by atoms with E-state index < -0.39 is 6.10 Å². The zero-order chi connectivity index (χ0) is 15.5. The van der Waals surface area contributed by atoms with Gasteiger partial charge < -0.3 is 10.4 Å². The third kappa shape index (κ3) is 7.28. The zero-order valence-corrected chi connectivity index (χ0v) is 13.4. The molecule has 0 heterocycles. The van der Waals surface area contributed by atoms with E-state index in [1.807, 2.05) is 24.3 Å². The number of rotatable bonds is 10. The molecule has 0 aromatic heterocycles. The largest absolute Gasteiger partial charge is 0.389 e. The molecule has 1 aromatic carbocycles. The number of carbonyl (C=O) groups is 1. The van der Waals surface area contributed by atoms with Crippen LogP contribution < -0.4 is 5.32 Å². The molecule has 0 aliphatic heterocycles. The summed E-state index contributed by atoms with van der Waals surface area (Å²) in [6.07, 6.45) is 8.44. The van der Waals surface area contributed by atoms with Gasteiger partial charge in [0.25, 0.3) is 0 Å². The van der Waals surface area contributed by atoms with Crippen molar-refractivity contribution in [2.24, 2.45) is 0 Å². The highest BCUT2D eigenvalue weighted by molar-refractivity contribution is 5.91. The molecule has 0 aliphatic rings. The molecule has 0 saturated carbocycles. The zero-order valence-electron chi connectivity index (χ0n) is 13.4. The first-order valence-corrected chi connectivity index (χ1v) is 8.22. The van der Waals surface area contributed by atoms with E-state index in [4.69, 9.17) is 0 Å². The van der Waals surface area contributed by atoms with E-state index in [1.54, 1.807) is 6.92 Å². The Balaban J connectivity index is 2.25. The molecular weight excluding hydrogens is 262 g/mol. The van der Waals surface area contributed by atoms with E-state index in [9.17, 15) is 9.90 Å². The van der Waals surface area contributed by atoms with E-state index in [2.05, 4.69) is 12.2 Å². The molecule has 1 aromatic rings. The van der Waals surface area contributed by atoms with Crippen molar-refractivity contribution in [2.75, 3.05) is 5.32 Å². The van der Waals surface area contributed by atoms with Gasteiger partial charge in [-0.1, -0.05) is 63.6 Å². The van der Waals surface area contributed by atoms with Crippen LogP contribution in [0.2, 0.25) is 0 Å². The molecule has 0 fully saturated rings. The molecule has 0 aliphatic carbocycles. The normalized spacial score (nSPS) is 12.1. The van der Waals surface area contributed by atoms with Crippen LogP contribution in [0.3, 0.4) is 0 Å². The third-order valence-corrected chi connectivity index (χ3v) is 3.69. The van der Waals surface area contributed by atoms with Crippen LogP contribution in [-0.2, 0) is 4.79 Å². The predicted molar refractivity (Wildman–Crippen MR) is 88.3 cm³/mol. The van der Waals surface area contributed by atoms with Crippen molar-refractivity contribution < 1.29 is 9.90 Å². The van der Waals surface area contributed by atoms with Crippen LogP contribution >= 0.6 is 0 Å². The van der Waals surface area contributed by atoms with Crippen molar-refractivity contribution in [3.8, 4) is 0 Å². The predicted octanol–water partition coefficient (Wildman–Crippen LogP) is 4.82. The summed E-state index contributed by atoms with van der Waals surface area (Å²) in [6.45, 7) is 3.93. The Labute approximate surface area is 128 Å². The smallest absolute Gasteiger partial charge is 0.224 e. The number of aliphatic hydroxyl groups excluding tert-OH is 1. The number of hydrogen-bond acceptors (Lipinski definition) is 2. The molecule has 0 bridgehead atoms. The Bertz CT molecular complexity index is 415. The lowest BCUT2D eigenvalue weighted by Crippen LogP contribution is -2.13. The van der Waals surface area contributed by atoms with Crippen molar-refractivity contribution in [3.63, 3.8) is 0 Å². The third-order valence-electron chi connectivity index (χ3n) is 3.69. The fourth-order valence-electron chi connectivity index (χ4n) is 2.43. The first kappa shape index (κ1) is 17.7. The molecule has 3 heteroatoms. The molecule has 21 heavy (non-hydrogen) atoms. The number of hydrogen-bond donors (Lipinski definition) is 2. The Morgan fingerprint density at radius 3 is 2.38 bits per heavy atom. The first-order valence-electron chi connectivity index (χ1n) is 8.22. The lowest BCUT2D eigenvalue weighted by atomic mass is 10.1. The second-order valence-corrected chi connectivity index (χ2v) is 5.68. The minimum Gasteiger partial charge on any atom is -0.389 e. The van der Waals surface area contributed by atoms with E-state index in [1.165, 1.54) is 32.1 Å². The summed E-state index contributed by atoms with van der Waals surface area (Å²) in [5, 5.41) is 12.6. The van der Waals surface area contributed by atoms with Gasteiger partial charge in [-0.05, 0) is 19.4 Å². The molecule has 1 atom stereocenters. The number of benzene rings is 1. The molecule has 2 N–H and O–H groups in total. The number of nitrogens with one attached hydrogen (secondary N) is 1. The second kappa shape index (κ2) is 10.4. The standard InChI is InChI=1S/C18H29NO2/c1-3-4-5-6-7-8-9-14-18(21)19-17-13-11-10-12-16(17)15(2)20/h10-13,15,20H,3-9,14H2,1-2H3,(H,19,21). The highest BCUT2D eigenvalue weighted by Gasteiger charge is 2.09. The maximum Gasteiger partial charge on any atom is 0.224 e. The van der Waals surface area contributed by atoms with Crippen LogP contribution in [0.1, 0.15) is 76.9 Å². The van der Waals surface area contributed by atoms with E-state index >= 15 is 0 Å². The Hall–Kier alpha value is -1.35. The number of para-hydroxylation sites is 1. The lowest BCUT2D eigenvalue weighted by Gasteiger charge is -2.12. The second-order valence-electron chi connectivity index (χ2n) is 5.68. The highest BCUT2D eigenvalue weighted by atomic mass is 16.3. The molecule has 1 amide bonds. The summed E-state index contributed by atoms with van der Waals surface area (Å²) in [5.41, 5.74) is 1.49. The summed E-state index contributed by atoms with van der Waals surface area (Å²) in [7, 11) is 0. The summed E-state index contributed by atoms with van der Waals surface area (Å²) >= 11 is 0. The fourth-order valence-corrected chi connectivity index (χ4v) is 2.43. The van der Waals surface area contributed by atoms with Crippen LogP contribution in [0.25, 0.3) is 0 Å². The average Bonchev–Trinajstić information content (AvgIpc) is 2.46. The van der Waals surface area contributed by atoms with Crippen LogP contribution in [0.15, 0.2) is 24.3 Å². The van der Waals surface area contributed by atoms with E-state index in [-0.39, 0.29) is 5.91 Å². The van der Waals surface area contributed by atoms with E-state index in [0.29, 0.717) is 6.42 Å². The molecule has 0 radical (unpaired) electrons. The van der Waals surface area contributed by atoms with Crippen LogP contribution in [0.4, 0.5) is 5.69 Å². The van der Waals surface area contributed by atoms with Crippen molar-refractivity contribution in [1.29, 1.82) is 0 Å². The Kier molecular flexibility index (Phi) is 8.76. The number of unbranched alkanes of at least 4 members (excludes halogenated alkanes) is 6. The van der Waals surface area contributed by atoms with Crippen molar-refractivity contribution in [3.05, 3.63) is 29.8 Å². The monoisotopic (exact) mass is 291 g/mol. The van der Waals surface area contributed by atoms with Crippen molar-refractivity contribution in [1.82, 2.24) is 0 Å². The van der Waals surface area contributed by atoms with Crippen LogP contribution in [0.5, 0.6) is 0 Å². The number of anilines is 1. The number of amides is 1. The van der Waals surface area contributed by atoms with Gasteiger partial charge in [-0.25, -0.2) is 0 Å². The Morgan fingerprint density at radius 2 is 1.71 bits per heavy atom. The van der Waals surface area contributed by atoms with Crippen LogP contribution in [0, 0.1) is 0 Å². The summed E-state index contributed by atoms with van der Waals surface area (Å²) in [4.78, 5) is 11.9. The Morgan fingerprint density at radius 1 is 1.10 bits per heavy atom. The SMILES string of the molecule is CCCCCCCCCC(=O)Nc1ccccc1C(C)O. The quantitative estimate of drug-likeness (QED) is 0.607. The van der Waals surface area contributed by atoms with Gasteiger partial charge in [-0.15, -0.1) is 0 Å². The summed E-state index contributed by atoms with van der Waals surface area (Å²) < 4.78 is 0. The lowest BCUT2D eigenvalue weighted by molar-refractivity contribution is -0.116. The van der Waals surface area contributed by atoms with Gasteiger partial charge in [0.15, 0.2) is 0 Å². The fraction of sp³-hybridized carbons (Fsp3) is 0.611. The maximum atomic E-state index is 11.9.